The molecule has 0 saturated carbocycles. The number of carbonyl (C=O) groups excluding carboxylic acids is 1. The monoisotopic (exact) mass is 254 g/mol. The van der Waals surface area contributed by atoms with E-state index in [0.29, 0.717) is 23.6 Å². The maximum Gasteiger partial charge on any atom is 0.272 e. The third kappa shape index (κ3) is 2.81. The minimum Gasteiger partial charge on any atom is -0.395 e. The number of anilines is 1. The van der Waals surface area contributed by atoms with Crippen molar-refractivity contribution in [2.24, 2.45) is 5.92 Å². The molecule has 1 rings (SSSR count). The number of nitrogen functional groups attached to an aromatic ring is 1. The largest absolute Gasteiger partial charge is 0.395 e. The summed E-state index contributed by atoms with van der Waals surface area (Å²) in [5, 5.41) is 16.2. The van der Waals surface area contributed by atoms with E-state index in [-0.39, 0.29) is 24.5 Å². The van der Waals surface area contributed by atoms with Gasteiger partial charge in [0.1, 0.15) is 5.69 Å². The maximum atomic E-state index is 12.2. The van der Waals surface area contributed by atoms with Crippen molar-refractivity contribution in [2.45, 2.75) is 40.3 Å². The lowest BCUT2D eigenvalue weighted by atomic mass is 10.1. The molecular formula is C12H22N4O2. The molecule has 0 aromatic carbocycles. The number of hydrogen-bond donors (Lipinski definition) is 3. The average Bonchev–Trinajstić information content (AvgIpc) is 2.61. The number of aryl methyl sites for hydroxylation is 2. The van der Waals surface area contributed by atoms with Gasteiger partial charge in [-0.3, -0.25) is 9.48 Å². The highest BCUT2D eigenvalue weighted by atomic mass is 16.3. The molecule has 0 aliphatic carbocycles. The summed E-state index contributed by atoms with van der Waals surface area (Å²) in [4.78, 5) is 12.2. The van der Waals surface area contributed by atoms with Crippen LogP contribution in [0.15, 0.2) is 0 Å². The topological polar surface area (TPSA) is 93.2 Å². The van der Waals surface area contributed by atoms with E-state index in [1.54, 1.807) is 11.6 Å². The molecule has 1 atom stereocenters. The summed E-state index contributed by atoms with van der Waals surface area (Å²) >= 11 is 0. The first-order valence-corrected chi connectivity index (χ1v) is 6.16. The van der Waals surface area contributed by atoms with Gasteiger partial charge in [-0.05, 0) is 19.8 Å². The Morgan fingerprint density at radius 1 is 1.56 bits per heavy atom. The number of carbonyl (C=O) groups is 1. The van der Waals surface area contributed by atoms with E-state index in [0.717, 1.165) is 0 Å². The zero-order chi connectivity index (χ0) is 13.9. The molecule has 4 N–H and O–H groups in total. The average molecular weight is 254 g/mol. The van der Waals surface area contributed by atoms with Gasteiger partial charge in [0, 0.05) is 6.54 Å². The molecule has 1 aromatic rings. The molecule has 0 aliphatic rings. The van der Waals surface area contributed by atoms with Crippen LogP contribution in [0.25, 0.3) is 0 Å². The Hall–Kier alpha value is -1.56. The Balaban J connectivity index is 2.97. The van der Waals surface area contributed by atoms with Crippen molar-refractivity contribution < 1.29 is 9.90 Å². The number of rotatable bonds is 5. The van der Waals surface area contributed by atoms with Gasteiger partial charge in [-0.2, -0.15) is 5.10 Å². The summed E-state index contributed by atoms with van der Waals surface area (Å²) in [5.74, 6) is -0.137. The van der Waals surface area contributed by atoms with Crippen molar-refractivity contribution in [2.75, 3.05) is 12.3 Å². The van der Waals surface area contributed by atoms with Crippen LogP contribution in [0, 0.1) is 12.8 Å². The highest BCUT2D eigenvalue weighted by molar-refractivity contribution is 5.98. The van der Waals surface area contributed by atoms with Crippen LogP contribution in [0.5, 0.6) is 0 Å². The van der Waals surface area contributed by atoms with Crippen LogP contribution in [0.4, 0.5) is 5.69 Å². The molecule has 1 unspecified atom stereocenters. The first-order valence-electron chi connectivity index (χ1n) is 6.16. The second kappa shape index (κ2) is 5.86. The Morgan fingerprint density at radius 3 is 2.61 bits per heavy atom. The third-order valence-corrected chi connectivity index (χ3v) is 3.01. The van der Waals surface area contributed by atoms with Gasteiger partial charge >= 0.3 is 0 Å². The third-order valence-electron chi connectivity index (χ3n) is 3.01. The van der Waals surface area contributed by atoms with Crippen LogP contribution in [0.1, 0.15) is 37.0 Å². The van der Waals surface area contributed by atoms with E-state index in [4.69, 9.17) is 5.73 Å². The highest BCUT2D eigenvalue weighted by Gasteiger charge is 2.22. The van der Waals surface area contributed by atoms with Gasteiger partial charge in [-0.1, -0.05) is 13.8 Å². The zero-order valence-corrected chi connectivity index (χ0v) is 11.4. The van der Waals surface area contributed by atoms with Gasteiger partial charge in [0.25, 0.3) is 5.91 Å². The van der Waals surface area contributed by atoms with Crippen molar-refractivity contribution in [1.82, 2.24) is 15.1 Å². The molecule has 1 amide bonds. The molecule has 0 radical (unpaired) electrons. The SMILES string of the molecule is CCn1nc(C)c(N)c1C(=O)NC(CO)C(C)C. The maximum absolute atomic E-state index is 12.2. The molecule has 0 spiro atoms. The lowest BCUT2D eigenvalue weighted by molar-refractivity contribution is 0.0887. The van der Waals surface area contributed by atoms with E-state index in [1.165, 1.54) is 0 Å². The summed E-state index contributed by atoms with van der Waals surface area (Å²) in [6.07, 6.45) is 0. The lowest BCUT2D eigenvalue weighted by Crippen LogP contribution is -2.42. The molecule has 102 valence electrons. The van der Waals surface area contributed by atoms with Crippen LogP contribution in [-0.2, 0) is 6.54 Å². The predicted molar refractivity (Wildman–Crippen MR) is 70.2 cm³/mol. The number of nitrogens with zero attached hydrogens (tertiary/aromatic N) is 2. The molecule has 0 fully saturated rings. The van der Waals surface area contributed by atoms with E-state index in [2.05, 4.69) is 10.4 Å². The molecule has 6 heteroatoms. The standard InChI is InChI=1S/C12H22N4O2/c1-5-16-11(10(13)8(4)15-16)12(18)14-9(6-17)7(2)3/h7,9,17H,5-6,13H2,1-4H3,(H,14,18). The zero-order valence-electron chi connectivity index (χ0n) is 11.4. The van der Waals surface area contributed by atoms with Crippen molar-refractivity contribution in [1.29, 1.82) is 0 Å². The smallest absolute Gasteiger partial charge is 0.272 e. The highest BCUT2D eigenvalue weighted by Crippen LogP contribution is 2.16. The van der Waals surface area contributed by atoms with Crippen LogP contribution in [-0.4, -0.2) is 33.4 Å². The molecule has 1 aromatic heterocycles. The van der Waals surface area contributed by atoms with Crippen LogP contribution < -0.4 is 11.1 Å². The molecule has 6 nitrogen and oxygen atoms in total. The van der Waals surface area contributed by atoms with E-state index in [9.17, 15) is 9.90 Å². The molecular weight excluding hydrogens is 232 g/mol. The predicted octanol–water partition coefficient (Wildman–Crippen LogP) is 0.540. The minimum atomic E-state index is -0.289. The van der Waals surface area contributed by atoms with E-state index >= 15 is 0 Å². The summed E-state index contributed by atoms with van der Waals surface area (Å²) in [5.41, 5.74) is 7.28. The van der Waals surface area contributed by atoms with Crippen molar-refractivity contribution in [3.05, 3.63) is 11.4 Å². The van der Waals surface area contributed by atoms with Crippen molar-refractivity contribution in [3.63, 3.8) is 0 Å². The van der Waals surface area contributed by atoms with Crippen LogP contribution in [0.3, 0.4) is 0 Å². The summed E-state index contributed by atoms with van der Waals surface area (Å²) < 4.78 is 1.58. The summed E-state index contributed by atoms with van der Waals surface area (Å²) in [6.45, 7) is 8.02. The Bertz CT molecular complexity index is 426. The van der Waals surface area contributed by atoms with Gasteiger partial charge < -0.3 is 16.2 Å². The first-order chi connectivity index (χ1) is 8.42. The van der Waals surface area contributed by atoms with Gasteiger partial charge in [-0.15, -0.1) is 0 Å². The van der Waals surface area contributed by atoms with Crippen molar-refractivity contribution >= 4 is 11.6 Å². The second-order valence-corrected chi connectivity index (χ2v) is 4.67. The Kier molecular flexibility index (Phi) is 4.72. The second-order valence-electron chi connectivity index (χ2n) is 4.67. The fourth-order valence-corrected chi connectivity index (χ4v) is 1.72. The number of hydrogen-bond acceptors (Lipinski definition) is 4. The molecule has 18 heavy (non-hydrogen) atoms. The van der Waals surface area contributed by atoms with Crippen LogP contribution >= 0.6 is 0 Å². The van der Waals surface area contributed by atoms with Crippen molar-refractivity contribution in [3.8, 4) is 0 Å². The number of aliphatic hydroxyl groups excluding tert-OH is 1. The van der Waals surface area contributed by atoms with Gasteiger partial charge in [0.2, 0.25) is 0 Å². The summed E-state index contributed by atoms with van der Waals surface area (Å²) in [6, 6.07) is -0.280. The first kappa shape index (κ1) is 14.5. The number of aliphatic hydroxyl groups is 1. The molecule has 0 aliphatic heterocycles. The van der Waals surface area contributed by atoms with Gasteiger partial charge in [-0.25, -0.2) is 0 Å². The number of amides is 1. The lowest BCUT2D eigenvalue weighted by Gasteiger charge is -2.20. The summed E-state index contributed by atoms with van der Waals surface area (Å²) in [7, 11) is 0. The minimum absolute atomic E-state index is 0.0947. The number of nitrogens with two attached hydrogens (primary N) is 1. The quantitative estimate of drug-likeness (QED) is 0.715. The molecule has 0 bridgehead atoms. The Labute approximate surface area is 107 Å². The number of nitrogens with one attached hydrogen (secondary N) is 1. The number of aromatic nitrogens is 2. The fourth-order valence-electron chi connectivity index (χ4n) is 1.72. The molecule has 0 saturated heterocycles. The van der Waals surface area contributed by atoms with Crippen LogP contribution in [0.2, 0.25) is 0 Å². The fraction of sp³-hybridized carbons (Fsp3) is 0.667. The van der Waals surface area contributed by atoms with Gasteiger partial charge in [0.05, 0.1) is 24.0 Å². The normalized spacial score (nSPS) is 12.8. The van der Waals surface area contributed by atoms with E-state index < -0.39 is 0 Å². The molecule has 1 heterocycles. The Morgan fingerprint density at radius 2 is 2.17 bits per heavy atom. The van der Waals surface area contributed by atoms with Gasteiger partial charge in [0.15, 0.2) is 0 Å². The van der Waals surface area contributed by atoms with E-state index in [1.807, 2.05) is 20.8 Å².